The van der Waals surface area contributed by atoms with Gasteiger partial charge in [0.2, 0.25) is 0 Å². The minimum absolute atomic E-state index is 0.00837. The predicted octanol–water partition coefficient (Wildman–Crippen LogP) is 13.6. The minimum Gasteiger partial charge on any atom is -0.458 e. The minimum atomic E-state index is -0.115. The lowest BCUT2D eigenvalue weighted by Gasteiger charge is -2.34. The summed E-state index contributed by atoms with van der Waals surface area (Å²) >= 11 is 1.87. The normalized spacial score (nSPS) is 14.2. The first-order valence-corrected chi connectivity index (χ1v) is 22.7. The monoisotopic (exact) mass is 818 g/mol. The van der Waals surface area contributed by atoms with Gasteiger partial charge in [0.1, 0.15) is 23.0 Å². The molecule has 0 aliphatic carbocycles. The van der Waals surface area contributed by atoms with Crippen LogP contribution < -0.4 is 25.2 Å². The third-order valence-corrected chi connectivity index (χ3v) is 14.9. The maximum absolute atomic E-state index is 7.36. The van der Waals surface area contributed by atoms with Crippen LogP contribution in [0.25, 0.3) is 59.4 Å². The molecule has 0 fully saturated rings. The van der Waals surface area contributed by atoms with E-state index in [0.29, 0.717) is 0 Å². The summed E-state index contributed by atoms with van der Waals surface area (Å²) in [4.78, 5) is 0. The van der Waals surface area contributed by atoms with Crippen LogP contribution in [0.5, 0.6) is 23.0 Å². The molecule has 0 saturated heterocycles. The van der Waals surface area contributed by atoms with Crippen molar-refractivity contribution < 1.29 is 9.47 Å². The molecule has 6 aromatic carbocycles. The Morgan fingerprint density at radius 1 is 0.492 bits per heavy atom. The van der Waals surface area contributed by atoms with Gasteiger partial charge in [-0.25, -0.2) is 0 Å². The fourth-order valence-electron chi connectivity index (χ4n) is 10.1. The summed E-state index contributed by atoms with van der Waals surface area (Å²) in [5, 5.41) is 6.21. The van der Waals surface area contributed by atoms with Gasteiger partial charge in [-0.2, -0.15) is 0 Å². The second kappa shape index (κ2) is 12.3. The molecular weight excluding hydrogens is 763 g/mol. The Bertz CT molecular complexity index is 3300. The maximum atomic E-state index is 7.36. The predicted molar refractivity (Wildman–Crippen MR) is 263 cm³/mol. The van der Waals surface area contributed by atoms with Crippen LogP contribution in [0.2, 0.25) is 0 Å². The van der Waals surface area contributed by atoms with Crippen molar-refractivity contribution in [3.63, 3.8) is 0 Å². The molecule has 9 aromatic rings. The molecule has 2 aliphatic heterocycles. The summed E-state index contributed by atoms with van der Waals surface area (Å²) in [6.45, 7) is 27.5. The van der Waals surface area contributed by atoms with E-state index in [1.165, 1.54) is 86.2 Å². The third kappa shape index (κ3) is 5.56. The molecular formula is C55H55BN2O2S. The van der Waals surface area contributed by atoms with Crippen LogP contribution >= 0.6 is 11.3 Å². The average molecular weight is 819 g/mol. The van der Waals surface area contributed by atoms with E-state index in [1.54, 1.807) is 0 Å². The van der Waals surface area contributed by atoms with Gasteiger partial charge in [-0.1, -0.05) is 119 Å². The number of hydrogen-bond acceptors (Lipinski definition) is 3. The number of thiophene rings is 1. The molecule has 306 valence electrons. The number of aryl methyl sites for hydroxylation is 1. The topological polar surface area (TPSA) is 28.3 Å². The lowest BCUT2D eigenvalue weighted by Crippen LogP contribution is -2.57. The van der Waals surface area contributed by atoms with Gasteiger partial charge < -0.3 is 18.6 Å². The quantitative estimate of drug-likeness (QED) is 0.154. The largest absolute Gasteiger partial charge is 0.458 e. The highest BCUT2D eigenvalue weighted by Gasteiger charge is 2.45. The van der Waals surface area contributed by atoms with Crippen LogP contribution in [0, 0.1) is 0 Å². The third-order valence-electron chi connectivity index (χ3n) is 13.7. The van der Waals surface area contributed by atoms with Crippen molar-refractivity contribution >= 4 is 87.4 Å². The molecule has 5 heterocycles. The summed E-state index contributed by atoms with van der Waals surface area (Å²) in [7, 11) is 2.24. The zero-order valence-electron chi connectivity index (χ0n) is 37.9. The zero-order chi connectivity index (χ0) is 42.9. The van der Waals surface area contributed by atoms with Crippen molar-refractivity contribution in [2.45, 2.75) is 105 Å². The summed E-state index contributed by atoms with van der Waals surface area (Å²) in [6.07, 6.45) is 0. The van der Waals surface area contributed by atoms with Gasteiger partial charge in [0, 0.05) is 66.0 Å². The van der Waals surface area contributed by atoms with Gasteiger partial charge in [0.25, 0.3) is 6.71 Å². The van der Waals surface area contributed by atoms with Crippen LogP contribution in [-0.2, 0) is 28.7 Å². The maximum Gasteiger partial charge on any atom is 0.275 e. The highest BCUT2D eigenvalue weighted by molar-refractivity contribution is 7.33. The number of aromatic nitrogens is 2. The molecule has 0 atom stereocenters. The van der Waals surface area contributed by atoms with Gasteiger partial charge in [-0.15, -0.1) is 11.3 Å². The summed E-state index contributed by atoms with van der Waals surface area (Å²) in [5.74, 6) is 3.66. The Labute approximate surface area is 364 Å². The molecule has 11 rings (SSSR count). The van der Waals surface area contributed by atoms with Crippen LogP contribution in [0.1, 0.15) is 105 Å². The lowest BCUT2D eigenvalue weighted by molar-refractivity contribution is 0.461. The Hall–Kier alpha value is -5.46. The van der Waals surface area contributed by atoms with E-state index in [9.17, 15) is 0 Å². The lowest BCUT2D eigenvalue weighted by atomic mass is 9.37. The smallest absolute Gasteiger partial charge is 0.275 e. The summed E-state index contributed by atoms with van der Waals surface area (Å²) < 4.78 is 22.0. The number of ether oxygens (including phenoxy) is 2. The second-order valence-electron chi connectivity index (χ2n) is 21.9. The summed E-state index contributed by atoms with van der Waals surface area (Å²) in [5.41, 5.74) is 13.3. The fourth-order valence-corrected chi connectivity index (χ4v) is 11.3. The van der Waals surface area contributed by atoms with Gasteiger partial charge >= 0.3 is 0 Å². The fraction of sp³-hybridized carbons (Fsp3) is 0.309. The van der Waals surface area contributed by atoms with Gasteiger partial charge in [0.05, 0.1) is 16.7 Å². The number of hydrogen-bond donors (Lipinski definition) is 0. The Kier molecular flexibility index (Phi) is 7.79. The molecule has 0 saturated carbocycles. The van der Waals surface area contributed by atoms with Gasteiger partial charge in [-0.3, -0.25) is 0 Å². The highest BCUT2D eigenvalue weighted by atomic mass is 32.1. The van der Waals surface area contributed by atoms with Gasteiger partial charge in [-0.05, 0) is 104 Å². The van der Waals surface area contributed by atoms with Crippen LogP contribution in [0.15, 0.2) is 97.1 Å². The van der Waals surface area contributed by atoms with E-state index in [0.717, 1.165) is 34.1 Å². The van der Waals surface area contributed by atoms with Crippen LogP contribution in [-0.4, -0.2) is 15.8 Å². The molecule has 6 heteroatoms. The SMILES string of the molecule is Cn1c2ccccc2c2c(-n3c4ccc(C(C)(C)C)cc4c4cc(C(C)(C)C)ccc43)cc3c(c21)B1c2sc4ccc(C(C)(C)C)cc4c2Oc2cc(C(C)(C)C)cc(c21)O3. The molecule has 0 radical (unpaired) electrons. The standard InChI is InChI=1S/C55H55BN2O2S/c1-52(2,3)30-18-21-39-35(24-30)36-25-31(53(4,5)6)19-22-40(36)58(39)41-29-44-48(49-46(41)34-16-14-15-17-38(34)57(49)13)56-47-42(59-44)27-33(55(10,11)12)28-43(47)60-50-37-26-32(54(7,8)9)20-23-45(37)61-51(50)56/h14-29H,1-13H3. The molecule has 4 nitrogen and oxygen atoms in total. The molecule has 0 N–H and O–H groups in total. The first-order chi connectivity index (χ1) is 28.7. The first kappa shape index (κ1) is 38.5. The molecule has 0 unspecified atom stereocenters. The number of rotatable bonds is 1. The van der Waals surface area contributed by atoms with Crippen molar-refractivity contribution in [1.29, 1.82) is 0 Å². The molecule has 61 heavy (non-hydrogen) atoms. The van der Waals surface area contributed by atoms with Crippen molar-refractivity contribution in [2.24, 2.45) is 7.05 Å². The van der Waals surface area contributed by atoms with E-state index >= 15 is 0 Å². The zero-order valence-corrected chi connectivity index (χ0v) is 38.8. The molecule has 3 aromatic heterocycles. The number of fused-ring (bicyclic) bond motifs is 13. The van der Waals surface area contributed by atoms with Gasteiger partial charge in [0.15, 0.2) is 0 Å². The number of nitrogens with zero attached hydrogens (tertiary/aromatic N) is 2. The van der Waals surface area contributed by atoms with E-state index < -0.39 is 0 Å². The Morgan fingerprint density at radius 3 is 1.61 bits per heavy atom. The summed E-state index contributed by atoms with van der Waals surface area (Å²) in [6, 6.07) is 37.1. The average Bonchev–Trinajstić information content (AvgIpc) is 3.82. The highest BCUT2D eigenvalue weighted by Crippen LogP contribution is 2.48. The molecule has 2 aliphatic rings. The first-order valence-electron chi connectivity index (χ1n) is 21.9. The number of para-hydroxylation sites is 1. The number of benzene rings is 6. The van der Waals surface area contributed by atoms with E-state index in [4.69, 9.17) is 9.47 Å². The Balaban J connectivity index is 1.28. The van der Waals surface area contributed by atoms with Crippen LogP contribution in [0.3, 0.4) is 0 Å². The van der Waals surface area contributed by atoms with Crippen molar-refractivity contribution in [3.05, 3.63) is 119 Å². The second-order valence-corrected chi connectivity index (χ2v) is 23.0. The van der Waals surface area contributed by atoms with Crippen LogP contribution in [0.4, 0.5) is 0 Å². The van der Waals surface area contributed by atoms with Crippen molar-refractivity contribution in [3.8, 4) is 28.7 Å². The van der Waals surface area contributed by atoms with E-state index in [2.05, 4.69) is 196 Å². The molecule has 0 bridgehead atoms. The van der Waals surface area contributed by atoms with Crippen molar-refractivity contribution in [2.75, 3.05) is 0 Å². The Morgan fingerprint density at radius 2 is 1.02 bits per heavy atom. The molecule has 0 spiro atoms. The van der Waals surface area contributed by atoms with E-state index in [-0.39, 0.29) is 28.4 Å². The molecule has 0 amide bonds. The van der Waals surface area contributed by atoms with Crippen molar-refractivity contribution in [1.82, 2.24) is 9.13 Å². The van der Waals surface area contributed by atoms with E-state index in [1.807, 2.05) is 11.3 Å².